The summed E-state index contributed by atoms with van der Waals surface area (Å²) in [5.41, 5.74) is 1.74. The molecule has 0 amide bonds. The number of hydrogen-bond acceptors (Lipinski definition) is 5. The Morgan fingerprint density at radius 2 is 1.93 bits per heavy atom. The molecule has 0 aliphatic carbocycles. The molecule has 2 heterocycles. The lowest BCUT2D eigenvalue weighted by atomic mass is 9.77. The largest absolute Gasteiger partial charge is 0.497 e. The number of aliphatic imine (C=N–C) groups is 1. The van der Waals surface area contributed by atoms with Crippen LogP contribution < -0.4 is 14.4 Å². The molecule has 0 saturated carbocycles. The van der Waals surface area contributed by atoms with Gasteiger partial charge in [-0.15, -0.1) is 0 Å². The van der Waals surface area contributed by atoms with Crippen molar-refractivity contribution in [1.29, 1.82) is 0 Å². The number of benzene rings is 3. The molecule has 0 fully saturated rings. The number of ether oxygens (including phenoxy) is 2. The maximum Gasteiger partial charge on any atom is 0.229 e. The van der Waals surface area contributed by atoms with Gasteiger partial charge in [0.2, 0.25) is 5.72 Å². The second kappa shape index (κ2) is 6.22. The molecule has 0 radical (unpaired) electrons. The molecular formula is C24H24N2O3. The van der Waals surface area contributed by atoms with Crippen LogP contribution in [0, 0.1) is 0 Å². The molecule has 5 rings (SSSR count). The van der Waals surface area contributed by atoms with Crippen molar-refractivity contribution in [3.8, 4) is 11.5 Å². The fraction of sp³-hybridized carbons (Fsp3) is 0.292. The molecule has 2 aliphatic rings. The van der Waals surface area contributed by atoms with Crippen LogP contribution >= 0.6 is 0 Å². The van der Waals surface area contributed by atoms with Gasteiger partial charge in [-0.25, -0.2) is 0 Å². The van der Waals surface area contributed by atoms with Crippen molar-refractivity contribution in [3.05, 3.63) is 60.2 Å². The van der Waals surface area contributed by atoms with Crippen molar-refractivity contribution in [2.24, 2.45) is 4.99 Å². The van der Waals surface area contributed by atoms with E-state index in [2.05, 4.69) is 43.0 Å². The number of aliphatic hydroxyl groups is 1. The smallest absolute Gasteiger partial charge is 0.229 e. The normalized spacial score (nSPS) is 21.2. The van der Waals surface area contributed by atoms with Gasteiger partial charge in [-0.3, -0.25) is 4.99 Å². The highest BCUT2D eigenvalue weighted by molar-refractivity contribution is 5.99. The summed E-state index contributed by atoms with van der Waals surface area (Å²) in [7, 11) is 1.67. The maximum atomic E-state index is 9.81. The molecule has 29 heavy (non-hydrogen) atoms. The van der Waals surface area contributed by atoms with Gasteiger partial charge in [-0.2, -0.15) is 0 Å². The third-order valence-corrected chi connectivity index (χ3v) is 6.29. The molecular weight excluding hydrogens is 364 g/mol. The predicted molar refractivity (Wildman–Crippen MR) is 116 cm³/mol. The number of aliphatic hydroxyl groups excluding tert-OH is 1. The summed E-state index contributed by atoms with van der Waals surface area (Å²) in [6, 6.07) is 18.3. The monoisotopic (exact) mass is 388 g/mol. The van der Waals surface area contributed by atoms with Crippen molar-refractivity contribution in [1.82, 2.24) is 0 Å². The number of fused-ring (bicyclic) bond motifs is 4. The van der Waals surface area contributed by atoms with Gasteiger partial charge in [0, 0.05) is 17.6 Å². The van der Waals surface area contributed by atoms with Crippen molar-refractivity contribution >= 4 is 28.4 Å². The van der Waals surface area contributed by atoms with Crippen molar-refractivity contribution in [3.63, 3.8) is 0 Å². The number of β-amino-alcohol motifs (C(OH)–C–C–N with tert-alkyl or cyclic N) is 1. The standard InChI is InChI=1S/C24H24N2O3/c1-23(2)19-14-17(28-3)9-10-20(19)26(12-13-27)24(23)15-25-22-18-7-5-4-6-16(18)8-11-21(22)29-24/h4-11,14-15,27H,12-13H2,1-3H3. The highest BCUT2D eigenvalue weighted by Crippen LogP contribution is 2.55. The van der Waals surface area contributed by atoms with Crippen LogP contribution in [0.3, 0.4) is 0 Å². The topological polar surface area (TPSA) is 54.3 Å². The molecule has 2 aliphatic heterocycles. The van der Waals surface area contributed by atoms with Crippen molar-refractivity contribution in [2.45, 2.75) is 25.0 Å². The van der Waals surface area contributed by atoms with Crippen LogP contribution in [0.1, 0.15) is 19.4 Å². The lowest BCUT2D eigenvalue weighted by Gasteiger charge is -2.46. The summed E-state index contributed by atoms with van der Waals surface area (Å²) in [5.74, 6) is 1.55. The quantitative estimate of drug-likeness (QED) is 0.721. The first-order valence-corrected chi connectivity index (χ1v) is 9.85. The molecule has 5 heteroatoms. The molecule has 1 atom stereocenters. The molecule has 0 aromatic heterocycles. The maximum absolute atomic E-state index is 9.81. The molecule has 1 N–H and O–H groups in total. The van der Waals surface area contributed by atoms with Crippen LogP contribution in [0.4, 0.5) is 11.4 Å². The summed E-state index contributed by atoms with van der Waals surface area (Å²) in [6.45, 7) is 4.77. The summed E-state index contributed by atoms with van der Waals surface area (Å²) < 4.78 is 12.2. The minimum absolute atomic E-state index is 0.0189. The minimum Gasteiger partial charge on any atom is -0.497 e. The third-order valence-electron chi connectivity index (χ3n) is 6.29. The van der Waals surface area contributed by atoms with Crippen LogP contribution in [0.2, 0.25) is 0 Å². The Bertz CT molecular complexity index is 1140. The number of methoxy groups -OCH3 is 1. The van der Waals surface area contributed by atoms with E-state index < -0.39 is 11.1 Å². The first kappa shape index (κ1) is 18.0. The number of hydrogen-bond donors (Lipinski definition) is 1. The molecule has 5 nitrogen and oxygen atoms in total. The summed E-state index contributed by atoms with van der Waals surface area (Å²) in [5, 5.41) is 12.0. The second-order valence-corrected chi connectivity index (χ2v) is 8.07. The minimum atomic E-state index is -0.833. The Labute approximate surface area is 170 Å². The zero-order valence-corrected chi connectivity index (χ0v) is 16.8. The van der Waals surface area contributed by atoms with Crippen LogP contribution in [-0.2, 0) is 5.41 Å². The number of nitrogens with zero attached hydrogens (tertiary/aromatic N) is 2. The molecule has 148 valence electrons. The fourth-order valence-corrected chi connectivity index (χ4v) is 4.68. The van der Waals surface area contributed by atoms with E-state index in [-0.39, 0.29) is 6.61 Å². The average molecular weight is 388 g/mol. The lowest BCUT2D eigenvalue weighted by Crippen LogP contribution is -2.62. The highest BCUT2D eigenvalue weighted by Gasteiger charge is 2.59. The van der Waals surface area contributed by atoms with E-state index >= 15 is 0 Å². The van der Waals surface area contributed by atoms with Gasteiger partial charge in [0.25, 0.3) is 0 Å². The van der Waals surface area contributed by atoms with Gasteiger partial charge in [-0.1, -0.05) is 30.3 Å². The van der Waals surface area contributed by atoms with Crippen LogP contribution in [0.25, 0.3) is 10.8 Å². The SMILES string of the molecule is COc1ccc2c(c1)C(C)(C)C1(C=Nc3c(ccc4ccccc34)O1)N2CCO. The molecule has 0 bridgehead atoms. The van der Waals surface area contributed by atoms with E-state index in [1.54, 1.807) is 7.11 Å². The lowest BCUT2D eigenvalue weighted by molar-refractivity contribution is 0.0742. The molecule has 3 aromatic carbocycles. The highest BCUT2D eigenvalue weighted by atomic mass is 16.5. The number of rotatable bonds is 3. The first-order valence-electron chi connectivity index (χ1n) is 9.85. The zero-order valence-electron chi connectivity index (χ0n) is 16.8. The van der Waals surface area contributed by atoms with Crippen LogP contribution in [0.5, 0.6) is 11.5 Å². The Hall–Kier alpha value is -3.05. The summed E-state index contributed by atoms with van der Waals surface area (Å²) in [6.07, 6.45) is 1.91. The third kappa shape index (κ3) is 2.34. The zero-order chi connectivity index (χ0) is 20.2. The number of anilines is 1. The van der Waals surface area contributed by atoms with Gasteiger partial charge in [0.15, 0.2) is 0 Å². The van der Waals surface area contributed by atoms with Crippen LogP contribution in [-0.4, -0.2) is 37.3 Å². The van der Waals surface area contributed by atoms with E-state index in [9.17, 15) is 5.11 Å². The van der Waals surface area contributed by atoms with Gasteiger partial charge in [0.05, 0.1) is 25.3 Å². The predicted octanol–water partition coefficient (Wildman–Crippen LogP) is 4.43. The van der Waals surface area contributed by atoms with Gasteiger partial charge < -0.3 is 19.5 Å². The summed E-state index contributed by atoms with van der Waals surface area (Å²) >= 11 is 0. The van der Waals surface area contributed by atoms with Crippen LogP contribution in [0.15, 0.2) is 59.6 Å². The Kier molecular flexibility index (Phi) is 3.87. The van der Waals surface area contributed by atoms with E-state index in [1.165, 1.54) is 0 Å². The van der Waals surface area contributed by atoms with Gasteiger partial charge in [0.1, 0.15) is 17.2 Å². The Balaban J connectivity index is 1.70. The van der Waals surface area contributed by atoms with Gasteiger partial charge >= 0.3 is 0 Å². The van der Waals surface area contributed by atoms with E-state index in [0.29, 0.717) is 6.54 Å². The van der Waals surface area contributed by atoms with E-state index in [0.717, 1.165) is 39.2 Å². The van der Waals surface area contributed by atoms with Crippen molar-refractivity contribution < 1.29 is 14.6 Å². The summed E-state index contributed by atoms with van der Waals surface area (Å²) in [4.78, 5) is 7.02. The average Bonchev–Trinajstić information content (AvgIpc) is 2.92. The van der Waals surface area contributed by atoms with Gasteiger partial charge in [-0.05, 0) is 49.1 Å². The fourth-order valence-electron chi connectivity index (χ4n) is 4.68. The molecule has 3 aromatic rings. The molecule has 1 unspecified atom stereocenters. The Morgan fingerprint density at radius 3 is 2.72 bits per heavy atom. The second-order valence-electron chi connectivity index (χ2n) is 8.07. The molecule has 0 saturated heterocycles. The first-order chi connectivity index (χ1) is 14.0. The van der Waals surface area contributed by atoms with Crippen molar-refractivity contribution in [2.75, 3.05) is 25.2 Å². The molecule has 1 spiro atoms. The Morgan fingerprint density at radius 1 is 1.10 bits per heavy atom. The van der Waals surface area contributed by atoms with E-state index in [1.807, 2.05) is 36.5 Å². The van der Waals surface area contributed by atoms with E-state index in [4.69, 9.17) is 14.5 Å².